The van der Waals surface area contributed by atoms with Gasteiger partial charge in [-0.3, -0.25) is 4.99 Å². The summed E-state index contributed by atoms with van der Waals surface area (Å²) >= 11 is 0. The number of likely N-dealkylation sites (tertiary alicyclic amines) is 1. The van der Waals surface area contributed by atoms with Crippen molar-refractivity contribution in [2.24, 2.45) is 10.4 Å². The van der Waals surface area contributed by atoms with Crippen molar-refractivity contribution in [1.82, 2.24) is 10.2 Å². The highest BCUT2D eigenvalue weighted by atomic mass is 16.5. The van der Waals surface area contributed by atoms with Crippen molar-refractivity contribution in [1.29, 1.82) is 0 Å². The molecule has 128 valence electrons. The highest BCUT2D eigenvalue weighted by molar-refractivity contribution is 5.81. The first-order chi connectivity index (χ1) is 10.9. The van der Waals surface area contributed by atoms with Crippen molar-refractivity contribution < 1.29 is 4.74 Å². The summed E-state index contributed by atoms with van der Waals surface area (Å²) in [5.41, 5.74) is 0.472. The van der Waals surface area contributed by atoms with E-state index in [9.17, 15) is 0 Å². The highest BCUT2D eigenvalue weighted by Gasteiger charge is 2.53. The van der Waals surface area contributed by atoms with E-state index in [1.165, 1.54) is 0 Å². The van der Waals surface area contributed by atoms with Gasteiger partial charge in [-0.1, -0.05) is 32.0 Å². The van der Waals surface area contributed by atoms with E-state index in [1.54, 1.807) is 0 Å². The Morgan fingerprint density at radius 3 is 2.43 bits per heavy atom. The van der Waals surface area contributed by atoms with Gasteiger partial charge in [-0.15, -0.1) is 0 Å². The van der Waals surface area contributed by atoms with Crippen LogP contribution in [0.15, 0.2) is 35.3 Å². The summed E-state index contributed by atoms with van der Waals surface area (Å²) in [5, 5.41) is 3.48. The van der Waals surface area contributed by atoms with Crippen LogP contribution in [0.2, 0.25) is 0 Å². The van der Waals surface area contributed by atoms with Crippen LogP contribution in [-0.2, 0) is 0 Å². The third-order valence-electron chi connectivity index (χ3n) is 5.22. The van der Waals surface area contributed by atoms with Crippen LogP contribution in [0.4, 0.5) is 0 Å². The van der Waals surface area contributed by atoms with Crippen molar-refractivity contribution >= 4 is 5.96 Å². The number of hydrogen-bond acceptors (Lipinski definition) is 2. The van der Waals surface area contributed by atoms with E-state index in [1.807, 2.05) is 37.4 Å². The zero-order valence-corrected chi connectivity index (χ0v) is 15.2. The summed E-state index contributed by atoms with van der Waals surface area (Å²) in [4.78, 5) is 6.81. The molecule has 23 heavy (non-hydrogen) atoms. The molecule has 4 heteroatoms. The molecule has 0 bridgehead atoms. The van der Waals surface area contributed by atoms with Gasteiger partial charge in [0.15, 0.2) is 5.96 Å². The molecular weight excluding hydrogens is 286 g/mol. The minimum atomic E-state index is 0.144. The fourth-order valence-corrected chi connectivity index (χ4v) is 2.83. The Morgan fingerprint density at radius 2 is 1.87 bits per heavy atom. The number of para-hydroxylation sites is 1. The van der Waals surface area contributed by atoms with Crippen LogP contribution >= 0.6 is 0 Å². The molecular formula is C19H31N3O. The number of rotatable bonds is 6. The lowest BCUT2D eigenvalue weighted by Gasteiger charge is -2.62. The van der Waals surface area contributed by atoms with Crippen LogP contribution in [0.3, 0.4) is 0 Å². The van der Waals surface area contributed by atoms with E-state index in [0.29, 0.717) is 5.41 Å². The Balaban J connectivity index is 1.66. The van der Waals surface area contributed by atoms with Crippen molar-refractivity contribution in [3.05, 3.63) is 30.3 Å². The first-order valence-electron chi connectivity index (χ1n) is 8.54. The second kappa shape index (κ2) is 7.24. The van der Waals surface area contributed by atoms with Gasteiger partial charge < -0.3 is 15.0 Å². The number of aliphatic imine (C=N–C) groups is 1. The lowest BCUT2D eigenvalue weighted by Crippen LogP contribution is -2.72. The molecule has 1 aliphatic heterocycles. The fraction of sp³-hybridized carbons (Fsp3) is 0.632. The van der Waals surface area contributed by atoms with Crippen molar-refractivity contribution in [2.45, 2.75) is 46.1 Å². The third kappa shape index (κ3) is 3.98. The monoisotopic (exact) mass is 317 g/mol. The molecule has 0 saturated carbocycles. The number of hydrogen-bond donors (Lipinski definition) is 1. The van der Waals surface area contributed by atoms with Crippen LogP contribution in [0.5, 0.6) is 5.75 Å². The highest BCUT2D eigenvalue weighted by Crippen LogP contribution is 2.46. The summed E-state index contributed by atoms with van der Waals surface area (Å²) in [6.07, 6.45) is 2.11. The molecule has 1 fully saturated rings. The zero-order valence-electron chi connectivity index (χ0n) is 15.2. The Bertz CT molecular complexity index is 523. The Hall–Kier alpha value is -1.71. The zero-order chi connectivity index (χ0) is 16.9. The van der Waals surface area contributed by atoms with E-state index < -0.39 is 0 Å². The fourth-order valence-electron chi connectivity index (χ4n) is 2.83. The van der Waals surface area contributed by atoms with Gasteiger partial charge in [-0.25, -0.2) is 0 Å². The molecule has 4 nitrogen and oxygen atoms in total. The van der Waals surface area contributed by atoms with Crippen molar-refractivity contribution in [2.75, 3.05) is 26.7 Å². The predicted molar refractivity (Wildman–Crippen MR) is 97.1 cm³/mol. The summed E-state index contributed by atoms with van der Waals surface area (Å²) in [7, 11) is 1.86. The van der Waals surface area contributed by atoms with Gasteiger partial charge in [0.25, 0.3) is 0 Å². The maximum absolute atomic E-state index is 5.71. The number of benzene rings is 1. The molecule has 1 aromatic rings. The standard InChI is InChI=1S/C19H31N3O/c1-18(2)15-22(19(18,3)4)17(20-5)21-13-9-10-14-23-16-11-7-6-8-12-16/h6-8,11-12H,9-10,13-15H2,1-5H3,(H,20,21). The molecule has 0 spiro atoms. The SMILES string of the molecule is CN=C(NCCCCOc1ccccc1)N1CC(C)(C)C1(C)C. The van der Waals surface area contributed by atoms with Crippen LogP contribution < -0.4 is 10.1 Å². The van der Waals surface area contributed by atoms with E-state index in [-0.39, 0.29) is 5.54 Å². The van der Waals surface area contributed by atoms with Gasteiger partial charge in [0.1, 0.15) is 5.75 Å². The number of unbranched alkanes of at least 4 members (excludes halogenated alkanes) is 1. The minimum absolute atomic E-state index is 0.144. The maximum atomic E-state index is 5.71. The van der Waals surface area contributed by atoms with Crippen LogP contribution in [-0.4, -0.2) is 43.1 Å². The number of ether oxygens (including phenoxy) is 1. The van der Waals surface area contributed by atoms with Gasteiger partial charge in [-0.2, -0.15) is 0 Å². The average molecular weight is 317 g/mol. The molecule has 1 heterocycles. The van der Waals surface area contributed by atoms with Crippen molar-refractivity contribution in [3.8, 4) is 5.75 Å². The van der Waals surface area contributed by atoms with Gasteiger partial charge >= 0.3 is 0 Å². The first kappa shape index (κ1) is 17.6. The lowest BCUT2D eigenvalue weighted by atomic mass is 9.65. The Labute approximate surface area is 140 Å². The summed E-state index contributed by atoms with van der Waals surface area (Å²) in [6, 6.07) is 9.98. The molecule has 1 saturated heterocycles. The second-order valence-corrected chi connectivity index (χ2v) is 7.37. The number of nitrogens with one attached hydrogen (secondary N) is 1. The van der Waals surface area contributed by atoms with Gasteiger partial charge in [0, 0.05) is 31.1 Å². The van der Waals surface area contributed by atoms with Crippen molar-refractivity contribution in [3.63, 3.8) is 0 Å². The number of guanidine groups is 1. The van der Waals surface area contributed by atoms with Crippen LogP contribution in [0.1, 0.15) is 40.5 Å². The normalized spacial score (nSPS) is 19.2. The summed E-state index contributed by atoms with van der Waals surface area (Å²) in [6.45, 7) is 11.9. The van der Waals surface area contributed by atoms with Gasteiger partial charge in [0.2, 0.25) is 0 Å². The molecule has 0 radical (unpaired) electrons. The van der Waals surface area contributed by atoms with E-state index in [2.05, 4.69) is 42.9 Å². The lowest BCUT2D eigenvalue weighted by molar-refractivity contribution is -0.0667. The topological polar surface area (TPSA) is 36.9 Å². The quantitative estimate of drug-likeness (QED) is 0.495. The molecule has 1 N–H and O–H groups in total. The van der Waals surface area contributed by atoms with Gasteiger partial charge in [0.05, 0.1) is 6.61 Å². The van der Waals surface area contributed by atoms with E-state index in [0.717, 1.165) is 44.2 Å². The molecule has 2 rings (SSSR count). The Morgan fingerprint density at radius 1 is 1.17 bits per heavy atom. The molecule has 0 aliphatic carbocycles. The molecule has 0 unspecified atom stereocenters. The molecule has 1 aromatic carbocycles. The molecule has 0 atom stereocenters. The largest absolute Gasteiger partial charge is 0.494 e. The first-order valence-corrected chi connectivity index (χ1v) is 8.54. The van der Waals surface area contributed by atoms with Gasteiger partial charge in [-0.05, 0) is 38.8 Å². The molecule has 0 amide bonds. The third-order valence-corrected chi connectivity index (χ3v) is 5.22. The molecule has 1 aliphatic rings. The average Bonchev–Trinajstić information content (AvgIpc) is 2.53. The predicted octanol–water partition coefficient (Wildman–Crippen LogP) is 3.54. The van der Waals surface area contributed by atoms with E-state index in [4.69, 9.17) is 4.74 Å². The molecule has 0 aromatic heterocycles. The summed E-state index contributed by atoms with van der Waals surface area (Å²) in [5.74, 6) is 1.96. The smallest absolute Gasteiger partial charge is 0.194 e. The summed E-state index contributed by atoms with van der Waals surface area (Å²) < 4.78 is 5.71. The van der Waals surface area contributed by atoms with Crippen LogP contribution in [0, 0.1) is 5.41 Å². The number of nitrogens with zero attached hydrogens (tertiary/aromatic N) is 2. The van der Waals surface area contributed by atoms with Crippen LogP contribution in [0.25, 0.3) is 0 Å². The minimum Gasteiger partial charge on any atom is -0.494 e. The van der Waals surface area contributed by atoms with E-state index >= 15 is 0 Å². The second-order valence-electron chi connectivity index (χ2n) is 7.37. The Kier molecular flexibility index (Phi) is 5.55. The maximum Gasteiger partial charge on any atom is 0.194 e.